The van der Waals surface area contributed by atoms with E-state index >= 15 is 0 Å². The maximum atomic E-state index is 13.7. The van der Waals surface area contributed by atoms with Crippen LogP contribution in [0, 0.1) is 11.8 Å². The molecule has 0 aromatic heterocycles. The Kier molecular flexibility index (Phi) is 16.4. The van der Waals surface area contributed by atoms with Gasteiger partial charge in [0, 0.05) is 25.2 Å². The second-order valence-corrected chi connectivity index (χ2v) is 15.8. The molecule has 6 N–H and O–H groups in total. The molecule has 0 spiro atoms. The fourth-order valence-electron chi connectivity index (χ4n) is 7.32. The van der Waals surface area contributed by atoms with Crippen LogP contribution in [0.5, 0.6) is 0 Å². The zero-order chi connectivity index (χ0) is 44.8. The number of fused-ring (bicyclic) bond motifs is 3. The van der Waals surface area contributed by atoms with Crippen LogP contribution in [0.15, 0.2) is 103 Å². The van der Waals surface area contributed by atoms with E-state index in [1.54, 1.807) is 38.1 Å². The Balaban J connectivity index is 1.16. The average molecular weight is 849 g/mol. The van der Waals surface area contributed by atoms with E-state index in [-0.39, 0.29) is 50.5 Å². The van der Waals surface area contributed by atoms with Crippen molar-refractivity contribution >= 4 is 41.7 Å². The summed E-state index contributed by atoms with van der Waals surface area (Å²) in [4.78, 5) is 79.1. The van der Waals surface area contributed by atoms with E-state index in [0.717, 1.165) is 27.8 Å². The van der Waals surface area contributed by atoms with Gasteiger partial charge in [0.15, 0.2) is 0 Å². The highest BCUT2D eigenvalue weighted by molar-refractivity contribution is 5.98. The summed E-state index contributed by atoms with van der Waals surface area (Å²) in [6.45, 7) is 7.34. The molecule has 3 atom stereocenters. The molecule has 0 fully saturated rings. The summed E-state index contributed by atoms with van der Waals surface area (Å²) >= 11 is 0. The summed E-state index contributed by atoms with van der Waals surface area (Å²) in [6.07, 6.45) is -1.05. The van der Waals surface area contributed by atoms with Gasteiger partial charge in [0.2, 0.25) is 11.8 Å². The number of benzene rings is 4. The number of likely N-dealkylation sites (N-methyl/N-ethyl adjacent to an activating group) is 1. The predicted octanol–water partition coefficient (Wildman–Crippen LogP) is 6.46. The molecule has 0 heterocycles. The number of anilines is 1. The maximum absolute atomic E-state index is 13.7. The molecule has 0 unspecified atom stereocenters. The van der Waals surface area contributed by atoms with Crippen molar-refractivity contribution in [3.63, 3.8) is 0 Å². The number of alkyl carbamates (subject to hydrolysis) is 1. The molecular weight excluding hydrogens is 793 g/mol. The molecule has 6 amide bonds. The molecule has 5 rings (SSSR count). The number of nitrogens with two attached hydrogens (primary N) is 1. The highest BCUT2D eigenvalue weighted by Gasteiger charge is 2.34. The van der Waals surface area contributed by atoms with Crippen LogP contribution in [0.1, 0.15) is 68.7 Å². The third-order valence-corrected chi connectivity index (χ3v) is 10.6. The third-order valence-electron chi connectivity index (χ3n) is 10.6. The first kappa shape index (κ1) is 46.2. The van der Waals surface area contributed by atoms with Crippen molar-refractivity contribution in [2.75, 3.05) is 25.5 Å². The van der Waals surface area contributed by atoms with E-state index in [1.165, 1.54) is 11.9 Å². The quantitative estimate of drug-likeness (QED) is 0.0398. The van der Waals surface area contributed by atoms with Crippen LogP contribution in [0.2, 0.25) is 0 Å². The van der Waals surface area contributed by atoms with Crippen molar-refractivity contribution in [2.45, 2.75) is 77.8 Å². The number of ether oxygens (including phenoxy) is 3. The molecule has 1 aliphatic rings. The van der Waals surface area contributed by atoms with Crippen molar-refractivity contribution in [3.05, 3.63) is 125 Å². The van der Waals surface area contributed by atoms with E-state index < -0.39 is 54.1 Å². The number of esters is 1. The van der Waals surface area contributed by atoms with Crippen LogP contribution in [0.3, 0.4) is 0 Å². The van der Waals surface area contributed by atoms with Gasteiger partial charge in [-0.3, -0.25) is 14.5 Å². The van der Waals surface area contributed by atoms with Gasteiger partial charge in [0.1, 0.15) is 37.9 Å². The minimum Gasteiger partial charge on any atom is -0.459 e. The number of rotatable bonds is 19. The van der Waals surface area contributed by atoms with Crippen LogP contribution in [0.4, 0.5) is 20.1 Å². The van der Waals surface area contributed by atoms with Crippen LogP contribution >= 0.6 is 0 Å². The Morgan fingerprint density at radius 3 is 1.85 bits per heavy atom. The van der Waals surface area contributed by atoms with Crippen molar-refractivity contribution < 1.29 is 43.0 Å². The molecule has 0 radical (unpaired) electrons. The van der Waals surface area contributed by atoms with E-state index in [0.29, 0.717) is 17.7 Å². The molecule has 4 aromatic rings. The number of amides is 6. The lowest BCUT2D eigenvalue weighted by molar-refractivity contribution is -0.152. The third kappa shape index (κ3) is 12.6. The molecule has 0 saturated heterocycles. The van der Waals surface area contributed by atoms with Gasteiger partial charge in [-0.2, -0.15) is 0 Å². The molecule has 0 saturated carbocycles. The van der Waals surface area contributed by atoms with Gasteiger partial charge in [-0.05, 0) is 70.2 Å². The summed E-state index contributed by atoms with van der Waals surface area (Å²) in [7, 11) is 1.48. The van der Waals surface area contributed by atoms with E-state index in [1.807, 2.05) is 92.7 Å². The Morgan fingerprint density at radius 1 is 0.677 bits per heavy atom. The largest absolute Gasteiger partial charge is 0.459 e. The predicted molar refractivity (Wildman–Crippen MR) is 233 cm³/mol. The number of nitrogens with one attached hydrogen (secondary N) is 4. The average Bonchev–Trinajstić information content (AvgIpc) is 3.58. The monoisotopic (exact) mass is 848 g/mol. The molecule has 15 nitrogen and oxygen atoms in total. The van der Waals surface area contributed by atoms with Gasteiger partial charge in [-0.1, -0.05) is 119 Å². The standard InChI is InChI=1S/C47H56N6O9/c1-29(2)40(52-46(58)61-28-38-36-18-11-9-16-34(36)35-17-10-12-19-37(35)38)43(55)51-39(20-13-25-49-45(48)57)42(54)50-33-23-21-32(22-24-33)27-62-47(59)53(5)41(30(3)4)44(56)60-26-31-14-7-6-8-15-31/h6-12,14-19,21-24,29-30,38-41H,13,20,25-28H2,1-5H3,(H,50,54)(H,51,55)(H,52,58)(H3,48,49,57)/t39-,40-,41+/m0/s1. The van der Waals surface area contributed by atoms with Gasteiger partial charge < -0.3 is 41.2 Å². The SMILES string of the molecule is CC(C)[C@H](NC(=O)OCC1c2ccccc2-c2ccccc21)C(=O)N[C@@H](CCCNC(N)=O)C(=O)Nc1ccc(COC(=O)N(C)[C@@H](C(=O)OCc2ccccc2)C(C)C)cc1. The number of carbonyl (C=O) groups is 6. The topological polar surface area (TPSA) is 207 Å². The summed E-state index contributed by atoms with van der Waals surface area (Å²) < 4.78 is 16.7. The Labute approximate surface area is 362 Å². The first-order chi connectivity index (χ1) is 29.7. The second-order valence-electron chi connectivity index (χ2n) is 15.8. The molecule has 15 heteroatoms. The van der Waals surface area contributed by atoms with Crippen molar-refractivity contribution in [3.8, 4) is 11.1 Å². The number of primary amides is 1. The van der Waals surface area contributed by atoms with Crippen LogP contribution in [-0.4, -0.2) is 79.2 Å². The Hall–Kier alpha value is -6.90. The highest BCUT2D eigenvalue weighted by Crippen LogP contribution is 2.44. The number of hydrogen-bond donors (Lipinski definition) is 5. The van der Waals surface area contributed by atoms with E-state index in [9.17, 15) is 28.8 Å². The van der Waals surface area contributed by atoms with E-state index in [2.05, 4.69) is 21.3 Å². The van der Waals surface area contributed by atoms with Crippen LogP contribution in [0.25, 0.3) is 11.1 Å². The summed E-state index contributed by atoms with van der Waals surface area (Å²) in [5.41, 5.74) is 11.3. The lowest BCUT2D eigenvalue weighted by Gasteiger charge is -2.28. The maximum Gasteiger partial charge on any atom is 0.410 e. The normalized spacial score (nSPS) is 13.1. The van der Waals surface area contributed by atoms with Crippen molar-refractivity contribution in [2.24, 2.45) is 17.6 Å². The molecular formula is C47H56N6O9. The molecule has 4 aromatic carbocycles. The van der Waals surface area contributed by atoms with Crippen LogP contribution < -0.4 is 27.0 Å². The molecule has 62 heavy (non-hydrogen) atoms. The number of urea groups is 1. The van der Waals surface area contributed by atoms with Crippen molar-refractivity contribution in [1.29, 1.82) is 0 Å². The zero-order valence-corrected chi connectivity index (χ0v) is 35.7. The minimum absolute atomic E-state index is 0.0626. The molecule has 328 valence electrons. The van der Waals surface area contributed by atoms with Gasteiger partial charge in [-0.25, -0.2) is 19.2 Å². The van der Waals surface area contributed by atoms with E-state index in [4.69, 9.17) is 19.9 Å². The summed E-state index contributed by atoms with van der Waals surface area (Å²) in [6, 6.07) is 28.0. The minimum atomic E-state index is -1.06. The molecule has 0 aliphatic heterocycles. The fourth-order valence-corrected chi connectivity index (χ4v) is 7.32. The van der Waals surface area contributed by atoms with Gasteiger partial charge in [0.05, 0.1) is 0 Å². The lowest BCUT2D eigenvalue weighted by Crippen LogP contribution is -2.54. The molecule has 1 aliphatic carbocycles. The molecule has 0 bridgehead atoms. The smallest absolute Gasteiger partial charge is 0.410 e. The Bertz CT molecular complexity index is 2130. The van der Waals surface area contributed by atoms with Crippen molar-refractivity contribution in [1.82, 2.24) is 20.9 Å². The van der Waals surface area contributed by atoms with Gasteiger partial charge in [0.25, 0.3) is 0 Å². The Morgan fingerprint density at radius 2 is 1.26 bits per heavy atom. The number of carbonyl (C=O) groups excluding carboxylic acids is 6. The summed E-state index contributed by atoms with van der Waals surface area (Å²) in [5, 5.41) is 10.7. The number of nitrogens with zero attached hydrogens (tertiary/aromatic N) is 1. The van der Waals surface area contributed by atoms with Gasteiger partial charge in [-0.15, -0.1) is 0 Å². The first-order valence-corrected chi connectivity index (χ1v) is 20.7. The fraction of sp³-hybridized carbons (Fsp3) is 0.362. The van der Waals surface area contributed by atoms with Gasteiger partial charge >= 0.3 is 24.2 Å². The first-order valence-electron chi connectivity index (χ1n) is 20.7. The number of hydrogen-bond acceptors (Lipinski definition) is 9. The second kappa shape index (κ2) is 22.1. The highest BCUT2D eigenvalue weighted by atomic mass is 16.6. The van der Waals surface area contributed by atoms with Crippen LogP contribution in [-0.2, 0) is 41.8 Å². The lowest BCUT2D eigenvalue weighted by atomic mass is 9.98. The summed E-state index contributed by atoms with van der Waals surface area (Å²) in [5.74, 6) is -2.47. The zero-order valence-electron chi connectivity index (χ0n) is 35.7.